The van der Waals surface area contributed by atoms with E-state index in [4.69, 9.17) is 0 Å². The molecular weight excluding hydrogens is 188 g/mol. The summed E-state index contributed by atoms with van der Waals surface area (Å²) in [6.45, 7) is 8.34. The summed E-state index contributed by atoms with van der Waals surface area (Å²) in [4.78, 5) is 14.0. The van der Waals surface area contributed by atoms with Crippen LogP contribution in [0.5, 0.6) is 0 Å². The first-order valence-corrected chi connectivity index (χ1v) is 5.94. The Balaban J connectivity index is 2.48. The fourth-order valence-corrected chi connectivity index (χ4v) is 2.17. The third kappa shape index (κ3) is 3.20. The van der Waals surface area contributed by atoms with Gasteiger partial charge in [-0.05, 0) is 33.7 Å². The van der Waals surface area contributed by atoms with E-state index >= 15 is 0 Å². The van der Waals surface area contributed by atoms with Gasteiger partial charge in [-0.3, -0.25) is 4.79 Å². The largest absolute Gasteiger partial charge is 0.353 e. The molecule has 0 saturated carbocycles. The van der Waals surface area contributed by atoms with Crippen molar-refractivity contribution in [1.29, 1.82) is 0 Å². The van der Waals surface area contributed by atoms with Gasteiger partial charge in [-0.1, -0.05) is 13.8 Å². The number of carbonyl (C=O) groups excluding carboxylic acids is 1. The zero-order valence-electron chi connectivity index (χ0n) is 10.6. The Labute approximate surface area is 93.2 Å². The van der Waals surface area contributed by atoms with Crippen LogP contribution >= 0.6 is 0 Å². The molecule has 0 aromatic rings. The van der Waals surface area contributed by atoms with E-state index in [2.05, 4.69) is 31.1 Å². The maximum absolute atomic E-state index is 11.6. The zero-order valence-corrected chi connectivity index (χ0v) is 10.6. The van der Waals surface area contributed by atoms with E-state index < -0.39 is 0 Å². The quantitative estimate of drug-likeness (QED) is 0.754. The highest BCUT2D eigenvalue weighted by molar-refractivity contribution is 5.78. The Morgan fingerprint density at radius 2 is 1.73 bits per heavy atom. The van der Waals surface area contributed by atoms with E-state index in [-0.39, 0.29) is 11.8 Å². The molecule has 0 aliphatic carbocycles. The summed E-state index contributed by atoms with van der Waals surface area (Å²) in [5.74, 6) is 0.277. The van der Waals surface area contributed by atoms with Crippen LogP contribution in [0.2, 0.25) is 0 Å². The minimum Gasteiger partial charge on any atom is -0.353 e. The summed E-state index contributed by atoms with van der Waals surface area (Å²) in [5.41, 5.74) is 0. The predicted octanol–water partition coefficient (Wildman–Crippen LogP) is 1.63. The van der Waals surface area contributed by atoms with Crippen molar-refractivity contribution in [2.75, 3.05) is 7.05 Å². The number of nitrogens with one attached hydrogen (secondary N) is 1. The van der Waals surface area contributed by atoms with E-state index in [1.807, 2.05) is 13.8 Å². The van der Waals surface area contributed by atoms with Crippen LogP contribution in [0.4, 0.5) is 0 Å². The number of nitrogens with zero attached hydrogens (tertiary/aromatic N) is 1. The van der Waals surface area contributed by atoms with Crippen LogP contribution in [0.15, 0.2) is 0 Å². The first-order valence-electron chi connectivity index (χ1n) is 5.94. The van der Waals surface area contributed by atoms with Crippen molar-refractivity contribution in [3.8, 4) is 0 Å². The molecule has 1 N–H and O–H groups in total. The SMILES string of the molecule is CC(C)C(=O)NC1CC(C)N(C)C(C)C1. The molecular formula is C12H24N2O. The van der Waals surface area contributed by atoms with Crippen LogP contribution in [0.1, 0.15) is 40.5 Å². The van der Waals surface area contributed by atoms with Crippen LogP contribution in [0, 0.1) is 5.92 Å². The van der Waals surface area contributed by atoms with Crippen molar-refractivity contribution in [3.05, 3.63) is 0 Å². The molecule has 0 spiro atoms. The standard InChI is InChI=1S/C12H24N2O/c1-8(2)12(15)13-11-6-9(3)14(5)10(4)7-11/h8-11H,6-7H2,1-5H3,(H,13,15). The van der Waals surface area contributed by atoms with Gasteiger partial charge in [0, 0.05) is 24.0 Å². The van der Waals surface area contributed by atoms with Crippen LogP contribution < -0.4 is 5.32 Å². The van der Waals surface area contributed by atoms with Crippen LogP contribution in [0.3, 0.4) is 0 Å². The lowest BCUT2D eigenvalue weighted by atomic mass is 9.93. The average Bonchev–Trinajstić information content (AvgIpc) is 2.13. The third-order valence-electron chi connectivity index (χ3n) is 3.51. The molecule has 3 nitrogen and oxygen atoms in total. The molecule has 15 heavy (non-hydrogen) atoms. The van der Waals surface area contributed by atoms with E-state index in [9.17, 15) is 4.79 Å². The smallest absolute Gasteiger partial charge is 0.222 e. The molecule has 88 valence electrons. The van der Waals surface area contributed by atoms with Crippen molar-refractivity contribution in [2.45, 2.75) is 58.7 Å². The van der Waals surface area contributed by atoms with Gasteiger partial charge in [0.2, 0.25) is 5.91 Å². The second kappa shape index (κ2) is 4.97. The highest BCUT2D eigenvalue weighted by Crippen LogP contribution is 2.21. The summed E-state index contributed by atoms with van der Waals surface area (Å²) in [7, 11) is 2.16. The normalized spacial score (nSPS) is 33.1. The lowest BCUT2D eigenvalue weighted by Crippen LogP contribution is -2.51. The lowest BCUT2D eigenvalue weighted by Gasteiger charge is -2.40. The molecule has 1 aliphatic heterocycles. The Hall–Kier alpha value is -0.570. The molecule has 2 unspecified atom stereocenters. The Bertz CT molecular complexity index is 216. The van der Waals surface area contributed by atoms with Crippen LogP contribution in [-0.2, 0) is 4.79 Å². The highest BCUT2D eigenvalue weighted by atomic mass is 16.1. The third-order valence-corrected chi connectivity index (χ3v) is 3.51. The average molecular weight is 212 g/mol. The molecule has 1 fully saturated rings. The molecule has 0 aromatic heterocycles. The van der Waals surface area contributed by atoms with E-state index in [1.54, 1.807) is 0 Å². The Morgan fingerprint density at radius 1 is 1.27 bits per heavy atom. The van der Waals surface area contributed by atoms with Crippen molar-refractivity contribution in [1.82, 2.24) is 10.2 Å². The summed E-state index contributed by atoms with van der Waals surface area (Å²) in [6.07, 6.45) is 2.14. The van der Waals surface area contributed by atoms with Crippen molar-refractivity contribution in [2.24, 2.45) is 5.92 Å². The monoisotopic (exact) mass is 212 g/mol. The molecule has 1 rings (SSSR count). The number of likely N-dealkylation sites (tertiary alicyclic amines) is 1. The highest BCUT2D eigenvalue weighted by Gasteiger charge is 2.29. The molecule has 0 aromatic carbocycles. The van der Waals surface area contributed by atoms with E-state index in [0.717, 1.165) is 12.8 Å². The van der Waals surface area contributed by atoms with Gasteiger partial charge >= 0.3 is 0 Å². The number of hydrogen-bond acceptors (Lipinski definition) is 2. The number of rotatable bonds is 2. The molecule has 1 saturated heterocycles. The maximum atomic E-state index is 11.6. The van der Waals surface area contributed by atoms with Crippen LogP contribution in [0.25, 0.3) is 0 Å². The first kappa shape index (κ1) is 12.5. The zero-order chi connectivity index (χ0) is 11.6. The fraction of sp³-hybridized carbons (Fsp3) is 0.917. The first-order chi connectivity index (χ1) is 6.91. The number of piperidine rings is 1. The van der Waals surface area contributed by atoms with E-state index in [1.165, 1.54) is 0 Å². The van der Waals surface area contributed by atoms with Gasteiger partial charge in [0.15, 0.2) is 0 Å². The molecule has 0 radical (unpaired) electrons. The van der Waals surface area contributed by atoms with Gasteiger partial charge in [-0.15, -0.1) is 0 Å². The molecule has 0 bridgehead atoms. The molecule has 3 heteroatoms. The minimum absolute atomic E-state index is 0.0928. The number of carbonyl (C=O) groups is 1. The van der Waals surface area contributed by atoms with Gasteiger partial charge < -0.3 is 10.2 Å². The van der Waals surface area contributed by atoms with Crippen molar-refractivity contribution >= 4 is 5.91 Å². The molecule has 1 heterocycles. The van der Waals surface area contributed by atoms with Gasteiger partial charge in [0.1, 0.15) is 0 Å². The van der Waals surface area contributed by atoms with Gasteiger partial charge in [-0.25, -0.2) is 0 Å². The van der Waals surface area contributed by atoms with Gasteiger partial charge in [0.25, 0.3) is 0 Å². The van der Waals surface area contributed by atoms with Gasteiger partial charge in [0.05, 0.1) is 0 Å². The van der Waals surface area contributed by atoms with Gasteiger partial charge in [-0.2, -0.15) is 0 Å². The van der Waals surface area contributed by atoms with Crippen molar-refractivity contribution in [3.63, 3.8) is 0 Å². The lowest BCUT2D eigenvalue weighted by molar-refractivity contribution is -0.125. The van der Waals surface area contributed by atoms with Crippen molar-refractivity contribution < 1.29 is 4.79 Å². The molecule has 2 atom stereocenters. The second-order valence-electron chi connectivity index (χ2n) is 5.20. The number of hydrogen-bond donors (Lipinski definition) is 1. The Kier molecular flexibility index (Phi) is 4.14. The summed E-state index contributed by atoms with van der Waals surface area (Å²) >= 11 is 0. The van der Waals surface area contributed by atoms with E-state index in [0.29, 0.717) is 18.1 Å². The minimum atomic E-state index is 0.0928. The predicted molar refractivity (Wildman–Crippen MR) is 62.7 cm³/mol. The second-order valence-corrected chi connectivity index (χ2v) is 5.20. The summed E-state index contributed by atoms with van der Waals surface area (Å²) in [5, 5.41) is 3.13. The maximum Gasteiger partial charge on any atom is 0.222 e. The topological polar surface area (TPSA) is 32.3 Å². The molecule has 1 aliphatic rings. The fourth-order valence-electron chi connectivity index (χ4n) is 2.17. The Morgan fingerprint density at radius 3 is 2.13 bits per heavy atom. The number of amides is 1. The van der Waals surface area contributed by atoms with Crippen LogP contribution in [-0.4, -0.2) is 36.0 Å². The summed E-state index contributed by atoms with van der Waals surface area (Å²) in [6, 6.07) is 1.48. The molecule has 1 amide bonds. The summed E-state index contributed by atoms with van der Waals surface area (Å²) < 4.78 is 0.